The fourth-order valence-corrected chi connectivity index (χ4v) is 2.91. The molecule has 2 N–H and O–H groups in total. The number of carboxylic acid groups (broad SMARTS) is 1. The molecule has 7 nitrogen and oxygen atoms in total. The van der Waals surface area contributed by atoms with Crippen molar-refractivity contribution >= 4 is 29.7 Å². The smallest absolute Gasteiger partial charge is 0.407 e. The molecule has 132 valence electrons. The molecule has 23 heavy (non-hydrogen) atoms. The van der Waals surface area contributed by atoms with E-state index in [-0.39, 0.29) is 11.8 Å². The minimum Gasteiger partial charge on any atom is -0.481 e. The van der Waals surface area contributed by atoms with Gasteiger partial charge in [-0.25, -0.2) is 4.79 Å². The number of carbonyl (C=O) groups is 3. The Morgan fingerprint density at radius 2 is 1.87 bits per heavy atom. The number of alkyl carbamates (subject to hydrolysis) is 1. The summed E-state index contributed by atoms with van der Waals surface area (Å²) in [4.78, 5) is 36.0. The van der Waals surface area contributed by atoms with Crippen molar-refractivity contribution in [3.63, 3.8) is 0 Å². The number of rotatable bonds is 6. The molecule has 1 heterocycles. The molecule has 0 spiro atoms. The van der Waals surface area contributed by atoms with Gasteiger partial charge in [0.05, 0.1) is 11.7 Å². The standard InChI is InChI=1S/C15H26N2O5S/c1-15(2,3)22-14(21)16-6-9-23-10-12(18)17-7-4-11(5-8-17)13(19)20/h11H,4-10H2,1-3H3,(H,16,21)(H,19,20). The lowest BCUT2D eigenvalue weighted by atomic mass is 9.97. The Morgan fingerprint density at radius 3 is 2.39 bits per heavy atom. The van der Waals surface area contributed by atoms with E-state index in [2.05, 4.69) is 5.32 Å². The van der Waals surface area contributed by atoms with Crippen molar-refractivity contribution < 1.29 is 24.2 Å². The van der Waals surface area contributed by atoms with Gasteiger partial charge >= 0.3 is 12.1 Å². The number of nitrogens with zero attached hydrogens (tertiary/aromatic N) is 1. The van der Waals surface area contributed by atoms with Crippen LogP contribution >= 0.6 is 11.8 Å². The highest BCUT2D eigenvalue weighted by Crippen LogP contribution is 2.18. The van der Waals surface area contributed by atoms with Crippen molar-refractivity contribution in [2.24, 2.45) is 5.92 Å². The highest BCUT2D eigenvalue weighted by atomic mass is 32.2. The molecule has 2 amide bonds. The number of ether oxygens (including phenoxy) is 1. The minimum atomic E-state index is -0.778. The van der Waals surface area contributed by atoms with Gasteiger partial charge < -0.3 is 20.1 Å². The maximum absolute atomic E-state index is 12.0. The average Bonchev–Trinajstić information content (AvgIpc) is 2.45. The average molecular weight is 346 g/mol. The summed E-state index contributed by atoms with van der Waals surface area (Å²) < 4.78 is 5.11. The number of aliphatic carboxylic acids is 1. The van der Waals surface area contributed by atoms with Gasteiger partial charge in [-0.05, 0) is 33.6 Å². The molecule has 1 fully saturated rings. The number of amides is 2. The van der Waals surface area contributed by atoms with E-state index in [1.165, 1.54) is 11.8 Å². The number of likely N-dealkylation sites (tertiary alicyclic amines) is 1. The van der Waals surface area contributed by atoms with Gasteiger partial charge in [-0.1, -0.05) is 0 Å². The first-order valence-corrected chi connectivity index (χ1v) is 8.89. The zero-order valence-corrected chi connectivity index (χ0v) is 14.8. The van der Waals surface area contributed by atoms with Gasteiger partial charge in [0, 0.05) is 25.4 Å². The summed E-state index contributed by atoms with van der Waals surface area (Å²) in [5.74, 6) is -0.120. The summed E-state index contributed by atoms with van der Waals surface area (Å²) in [5, 5.41) is 11.6. The van der Waals surface area contributed by atoms with Crippen LogP contribution in [-0.4, -0.2) is 64.7 Å². The molecule has 1 saturated heterocycles. The third kappa shape index (κ3) is 8.11. The Kier molecular flexibility index (Phi) is 7.67. The molecule has 0 aromatic heterocycles. The lowest BCUT2D eigenvalue weighted by Crippen LogP contribution is -2.41. The van der Waals surface area contributed by atoms with Crippen molar-refractivity contribution in [2.45, 2.75) is 39.2 Å². The van der Waals surface area contributed by atoms with E-state index in [0.717, 1.165) is 0 Å². The Morgan fingerprint density at radius 1 is 1.26 bits per heavy atom. The van der Waals surface area contributed by atoms with Crippen LogP contribution in [0.4, 0.5) is 4.79 Å². The van der Waals surface area contributed by atoms with Crippen LogP contribution in [0, 0.1) is 5.92 Å². The molecular formula is C15H26N2O5S. The lowest BCUT2D eigenvalue weighted by molar-refractivity contribution is -0.145. The molecule has 0 unspecified atom stereocenters. The molecule has 0 aromatic rings. The normalized spacial score (nSPS) is 16.0. The molecule has 0 bridgehead atoms. The summed E-state index contributed by atoms with van der Waals surface area (Å²) in [5.41, 5.74) is -0.519. The summed E-state index contributed by atoms with van der Waals surface area (Å²) in [6, 6.07) is 0. The molecule has 1 rings (SSSR count). The molecule has 0 aromatic carbocycles. The number of piperidine rings is 1. The Bertz CT molecular complexity index is 428. The van der Waals surface area contributed by atoms with Crippen molar-refractivity contribution in [1.29, 1.82) is 0 Å². The predicted molar refractivity (Wildman–Crippen MR) is 88.5 cm³/mol. The maximum Gasteiger partial charge on any atom is 0.407 e. The summed E-state index contributed by atoms with van der Waals surface area (Å²) in [7, 11) is 0. The van der Waals surface area contributed by atoms with E-state index < -0.39 is 17.7 Å². The second-order valence-electron chi connectivity index (χ2n) is 6.47. The monoisotopic (exact) mass is 346 g/mol. The first kappa shape index (κ1) is 19.6. The van der Waals surface area contributed by atoms with Gasteiger partial charge in [-0.2, -0.15) is 11.8 Å². The van der Waals surface area contributed by atoms with Crippen LogP contribution in [0.2, 0.25) is 0 Å². The van der Waals surface area contributed by atoms with Crippen molar-refractivity contribution in [2.75, 3.05) is 31.1 Å². The molecule has 8 heteroatoms. The van der Waals surface area contributed by atoms with Gasteiger partial charge in [0.25, 0.3) is 0 Å². The third-order valence-corrected chi connectivity index (χ3v) is 4.28. The van der Waals surface area contributed by atoms with Gasteiger partial charge in [0.2, 0.25) is 5.91 Å². The van der Waals surface area contributed by atoms with Crippen LogP contribution in [0.5, 0.6) is 0 Å². The second-order valence-corrected chi connectivity index (χ2v) is 7.58. The Balaban J connectivity index is 2.11. The van der Waals surface area contributed by atoms with Gasteiger partial charge in [0.1, 0.15) is 5.60 Å². The fraction of sp³-hybridized carbons (Fsp3) is 0.800. The van der Waals surface area contributed by atoms with E-state index in [1.54, 1.807) is 25.7 Å². The SMILES string of the molecule is CC(C)(C)OC(=O)NCCSCC(=O)N1CCC(C(=O)O)CC1. The van der Waals surface area contributed by atoms with Crippen LogP contribution in [0.1, 0.15) is 33.6 Å². The summed E-state index contributed by atoms with van der Waals surface area (Å²) in [6.07, 6.45) is 0.581. The van der Waals surface area contributed by atoms with Gasteiger partial charge in [-0.15, -0.1) is 0 Å². The zero-order valence-electron chi connectivity index (χ0n) is 14.0. The van der Waals surface area contributed by atoms with Crippen LogP contribution in [-0.2, 0) is 14.3 Å². The number of thioether (sulfide) groups is 1. The fourth-order valence-electron chi connectivity index (χ4n) is 2.17. The summed E-state index contributed by atoms with van der Waals surface area (Å²) in [6.45, 7) is 6.85. The van der Waals surface area contributed by atoms with Crippen molar-refractivity contribution in [1.82, 2.24) is 10.2 Å². The Labute approximate surface area is 141 Å². The molecule has 0 radical (unpaired) electrons. The number of hydrogen-bond acceptors (Lipinski definition) is 5. The van der Waals surface area contributed by atoms with E-state index in [4.69, 9.17) is 9.84 Å². The lowest BCUT2D eigenvalue weighted by Gasteiger charge is -2.30. The number of hydrogen-bond donors (Lipinski definition) is 2. The van der Waals surface area contributed by atoms with Gasteiger partial charge in [0.15, 0.2) is 0 Å². The summed E-state index contributed by atoms with van der Waals surface area (Å²) >= 11 is 1.44. The quantitative estimate of drug-likeness (QED) is 0.709. The number of nitrogens with one attached hydrogen (secondary N) is 1. The van der Waals surface area contributed by atoms with Crippen LogP contribution in [0.3, 0.4) is 0 Å². The second kappa shape index (κ2) is 9.00. The molecule has 0 atom stereocenters. The van der Waals surface area contributed by atoms with E-state index >= 15 is 0 Å². The highest BCUT2D eigenvalue weighted by molar-refractivity contribution is 7.99. The molecule has 1 aliphatic heterocycles. The van der Waals surface area contributed by atoms with Crippen molar-refractivity contribution in [3.8, 4) is 0 Å². The zero-order chi connectivity index (χ0) is 17.5. The maximum atomic E-state index is 12.0. The molecule has 1 aliphatic rings. The third-order valence-electron chi connectivity index (χ3n) is 3.34. The van der Waals surface area contributed by atoms with Crippen LogP contribution in [0.15, 0.2) is 0 Å². The highest BCUT2D eigenvalue weighted by Gasteiger charge is 2.26. The van der Waals surface area contributed by atoms with Gasteiger partial charge in [-0.3, -0.25) is 9.59 Å². The molecule has 0 aliphatic carbocycles. The van der Waals surface area contributed by atoms with Crippen LogP contribution < -0.4 is 5.32 Å². The first-order chi connectivity index (χ1) is 10.7. The number of carboxylic acids is 1. The van der Waals surface area contributed by atoms with E-state index in [9.17, 15) is 14.4 Å². The molecular weight excluding hydrogens is 320 g/mol. The van der Waals surface area contributed by atoms with Crippen molar-refractivity contribution in [3.05, 3.63) is 0 Å². The largest absolute Gasteiger partial charge is 0.481 e. The van der Waals surface area contributed by atoms with Crippen LogP contribution in [0.25, 0.3) is 0 Å². The van der Waals surface area contributed by atoms with E-state index in [0.29, 0.717) is 44.0 Å². The predicted octanol–water partition coefficient (Wildman–Crippen LogP) is 1.57. The van der Waals surface area contributed by atoms with E-state index in [1.807, 2.05) is 0 Å². The molecule has 0 saturated carbocycles. The number of carbonyl (C=O) groups excluding carboxylic acids is 2. The minimum absolute atomic E-state index is 0.0242. The topological polar surface area (TPSA) is 95.9 Å². The Hall–Kier alpha value is -1.44. The first-order valence-electron chi connectivity index (χ1n) is 7.74.